The van der Waals surface area contributed by atoms with E-state index in [2.05, 4.69) is 20.6 Å². The van der Waals surface area contributed by atoms with Crippen LogP contribution in [0.1, 0.15) is 18.5 Å². The van der Waals surface area contributed by atoms with Crippen molar-refractivity contribution in [2.75, 3.05) is 18.4 Å². The predicted octanol–water partition coefficient (Wildman–Crippen LogP) is 1.37. The minimum Gasteiger partial charge on any atom is -0.367 e. The van der Waals surface area contributed by atoms with E-state index in [4.69, 9.17) is 0 Å². The van der Waals surface area contributed by atoms with Crippen LogP contribution in [-0.2, 0) is 0 Å². The lowest BCUT2D eigenvalue weighted by atomic mass is 10.2. The fraction of sp³-hybridized carbons (Fsp3) is 0.600. The molecule has 1 aliphatic rings. The molecule has 0 aromatic carbocycles. The maximum atomic E-state index is 4.24. The number of nitrogens with zero attached hydrogens (tertiary/aromatic N) is 2. The maximum absolute atomic E-state index is 4.24. The summed E-state index contributed by atoms with van der Waals surface area (Å²) >= 11 is 0. The monoisotopic (exact) mass is 228 g/mol. The second kappa shape index (κ2) is 5.88. The van der Waals surface area contributed by atoms with Gasteiger partial charge in [-0.3, -0.25) is 4.98 Å². The van der Waals surface area contributed by atoms with Crippen LogP contribution in [0, 0.1) is 6.92 Å². The van der Waals surface area contributed by atoms with Crippen LogP contribution in [0.25, 0.3) is 0 Å². The normalized spacial score (nSPS) is 19.7. The number of anilines is 1. The van der Waals surface area contributed by atoms with Crippen LogP contribution in [0.4, 0.5) is 5.82 Å². The van der Waals surface area contributed by atoms with E-state index < -0.39 is 0 Å². The molecule has 2 rings (SSSR count). The maximum Gasteiger partial charge on any atom is 0.147 e. The largest absolute Gasteiger partial charge is 0.367 e. The van der Waals surface area contributed by atoms with Crippen molar-refractivity contribution in [3.8, 4) is 0 Å². The molecule has 1 aliphatic heterocycles. The van der Waals surface area contributed by atoms with Crippen molar-refractivity contribution in [2.45, 2.75) is 25.8 Å². The molecule has 0 aliphatic carbocycles. The van der Waals surface area contributed by atoms with Gasteiger partial charge in [0.1, 0.15) is 5.82 Å². The highest BCUT2D eigenvalue weighted by Crippen LogP contribution is 2.09. The Bertz CT molecular complexity index is 299. The third kappa shape index (κ3) is 3.32. The summed E-state index contributed by atoms with van der Waals surface area (Å²) < 4.78 is 0. The van der Waals surface area contributed by atoms with Gasteiger partial charge >= 0.3 is 0 Å². The van der Waals surface area contributed by atoms with Gasteiger partial charge < -0.3 is 10.6 Å². The molecule has 1 saturated heterocycles. The highest BCUT2D eigenvalue weighted by molar-refractivity contribution is 5.85. The zero-order valence-corrected chi connectivity index (χ0v) is 9.68. The van der Waals surface area contributed by atoms with Gasteiger partial charge in [-0.15, -0.1) is 12.4 Å². The van der Waals surface area contributed by atoms with E-state index in [1.54, 1.807) is 12.4 Å². The quantitative estimate of drug-likeness (QED) is 0.821. The van der Waals surface area contributed by atoms with Crippen LogP contribution in [-0.4, -0.2) is 29.1 Å². The molecule has 2 heterocycles. The number of nitrogens with one attached hydrogen (secondary N) is 2. The van der Waals surface area contributed by atoms with Gasteiger partial charge in [-0.25, -0.2) is 4.98 Å². The summed E-state index contributed by atoms with van der Waals surface area (Å²) in [6, 6.07) is 0.594. The number of halogens is 1. The van der Waals surface area contributed by atoms with Crippen molar-refractivity contribution in [3.05, 3.63) is 18.1 Å². The average molecular weight is 229 g/mol. The molecule has 1 aromatic rings. The van der Waals surface area contributed by atoms with Crippen LogP contribution in [0.2, 0.25) is 0 Å². The molecule has 1 atom stereocenters. The first-order chi connectivity index (χ1) is 6.86. The Morgan fingerprint density at radius 3 is 2.93 bits per heavy atom. The molecule has 15 heavy (non-hydrogen) atoms. The smallest absolute Gasteiger partial charge is 0.147 e. The van der Waals surface area contributed by atoms with Crippen molar-refractivity contribution in [3.63, 3.8) is 0 Å². The van der Waals surface area contributed by atoms with Crippen LogP contribution >= 0.6 is 12.4 Å². The summed E-state index contributed by atoms with van der Waals surface area (Å²) in [5.74, 6) is 0.904. The van der Waals surface area contributed by atoms with E-state index in [1.165, 1.54) is 12.8 Å². The van der Waals surface area contributed by atoms with Crippen molar-refractivity contribution in [2.24, 2.45) is 0 Å². The van der Waals surface area contributed by atoms with Gasteiger partial charge in [-0.2, -0.15) is 0 Å². The molecule has 0 spiro atoms. The first kappa shape index (κ1) is 12.2. The van der Waals surface area contributed by atoms with E-state index in [9.17, 15) is 0 Å². The number of aromatic nitrogens is 2. The van der Waals surface area contributed by atoms with Gasteiger partial charge in [0, 0.05) is 25.0 Å². The van der Waals surface area contributed by atoms with E-state index in [-0.39, 0.29) is 12.4 Å². The molecule has 1 unspecified atom stereocenters. The Kier molecular flexibility index (Phi) is 4.78. The SMILES string of the molecule is Cc1nccnc1NCC1CCCN1.Cl. The summed E-state index contributed by atoms with van der Waals surface area (Å²) in [5, 5.41) is 6.75. The highest BCUT2D eigenvalue weighted by Gasteiger charge is 2.13. The lowest BCUT2D eigenvalue weighted by Gasteiger charge is -2.12. The Morgan fingerprint density at radius 1 is 1.47 bits per heavy atom. The lowest BCUT2D eigenvalue weighted by Crippen LogP contribution is -2.29. The fourth-order valence-corrected chi connectivity index (χ4v) is 1.73. The number of hydrogen-bond donors (Lipinski definition) is 2. The van der Waals surface area contributed by atoms with Crippen molar-refractivity contribution in [1.82, 2.24) is 15.3 Å². The first-order valence-electron chi connectivity index (χ1n) is 5.11. The van der Waals surface area contributed by atoms with Gasteiger partial charge in [0.2, 0.25) is 0 Å². The number of rotatable bonds is 3. The molecule has 0 saturated carbocycles. The molecular formula is C10H17ClN4. The van der Waals surface area contributed by atoms with Crippen LogP contribution < -0.4 is 10.6 Å². The fourth-order valence-electron chi connectivity index (χ4n) is 1.73. The molecule has 1 aromatic heterocycles. The second-order valence-corrected chi connectivity index (χ2v) is 3.66. The standard InChI is InChI=1S/C10H16N4.ClH/c1-8-10(13-6-5-11-8)14-7-9-3-2-4-12-9;/h5-6,9,12H,2-4,7H2,1H3,(H,13,14);1H. The van der Waals surface area contributed by atoms with Gasteiger partial charge in [0.05, 0.1) is 5.69 Å². The summed E-state index contributed by atoms with van der Waals surface area (Å²) in [5.41, 5.74) is 0.963. The topological polar surface area (TPSA) is 49.8 Å². The highest BCUT2D eigenvalue weighted by atomic mass is 35.5. The Hall–Kier alpha value is -0.870. The Morgan fingerprint density at radius 2 is 2.27 bits per heavy atom. The van der Waals surface area contributed by atoms with Crippen molar-refractivity contribution >= 4 is 18.2 Å². The van der Waals surface area contributed by atoms with Gasteiger partial charge in [-0.1, -0.05) is 0 Å². The van der Waals surface area contributed by atoms with Crippen molar-refractivity contribution < 1.29 is 0 Å². The zero-order chi connectivity index (χ0) is 9.80. The van der Waals surface area contributed by atoms with Gasteiger partial charge in [-0.05, 0) is 26.3 Å². The lowest BCUT2D eigenvalue weighted by molar-refractivity contribution is 0.632. The predicted molar refractivity (Wildman–Crippen MR) is 63.5 cm³/mol. The molecule has 0 radical (unpaired) electrons. The molecule has 5 heteroatoms. The van der Waals surface area contributed by atoms with E-state index in [0.717, 1.165) is 24.6 Å². The number of aryl methyl sites for hydroxylation is 1. The molecule has 84 valence electrons. The minimum atomic E-state index is 0. The zero-order valence-electron chi connectivity index (χ0n) is 8.86. The second-order valence-electron chi connectivity index (χ2n) is 3.66. The Balaban J connectivity index is 0.00000112. The molecule has 4 nitrogen and oxygen atoms in total. The van der Waals surface area contributed by atoms with Crippen LogP contribution in [0.3, 0.4) is 0 Å². The van der Waals surface area contributed by atoms with Crippen LogP contribution in [0.5, 0.6) is 0 Å². The summed E-state index contributed by atoms with van der Waals surface area (Å²) in [7, 11) is 0. The summed E-state index contributed by atoms with van der Waals surface area (Å²) in [6.45, 7) is 4.06. The molecule has 0 amide bonds. The summed E-state index contributed by atoms with van der Waals surface area (Å²) in [4.78, 5) is 8.42. The Labute approximate surface area is 96.3 Å². The van der Waals surface area contributed by atoms with E-state index in [1.807, 2.05) is 6.92 Å². The van der Waals surface area contributed by atoms with E-state index >= 15 is 0 Å². The molecule has 1 fully saturated rings. The third-order valence-corrected chi connectivity index (χ3v) is 2.56. The minimum absolute atomic E-state index is 0. The van der Waals surface area contributed by atoms with Crippen molar-refractivity contribution in [1.29, 1.82) is 0 Å². The molecular weight excluding hydrogens is 212 g/mol. The molecule has 2 N–H and O–H groups in total. The van der Waals surface area contributed by atoms with E-state index in [0.29, 0.717) is 6.04 Å². The summed E-state index contributed by atoms with van der Waals surface area (Å²) in [6.07, 6.45) is 5.98. The first-order valence-corrected chi connectivity index (χ1v) is 5.11. The average Bonchev–Trinajstić information content (AvgIpc) is 2.69. The van der Waals surface area contributed by atoms with Gasteiger partial charge in [0.25, 0.3) is 0 Å². The van der Waals surface area contributed by atoms with Crippen LogP contribution in [0.15, 0.2) is 12.4 Å². The van der Waals surface area contributed by atoms with Gasteiger partial charge in [0.15, 0.2) is 0 Å². The molecule has 0 bridgehead atoms. The third-order valence-electron chi connectivity index (χ3n) is 2.56. The number of hydrogen-bond acceptors (Lipinski definition) is 4.